The van der Waals surface area contributed by atoms with Gasteiger partial charge >= 0.3 is 0 Å². The maximum Gasteiger partial charge on any atom is 0.228 e. The first kappa shape index (κ1) is 15.6. The van der Waals surface area contributed by atoms with Gasteiger partial charge in [-0.1, -0.05) is 42.5 Å². The molecule has 0 unspecified atom stereocenters. The van der Waals surface area contributed by atoms with Gasteiger partial charge in [0.15, 0.2) is 0 Å². The summed E-state index contributed by atoms with van der Waals surface area (Å²) < 4.78 is 11.0. The number of hydrogen-bond donors (Lipinski definition) is 0. The first-order valence-electron chi connectivity index (χ1n) is 7.10. The van der Waals surface area contributed by atoms with Crippen molar-refractivity contribution >= 4 is 31.4 Å². The minimum absolute atomic E-state index is 0.165. The Balaban J connectivity index is 2.41. The fraction of sp³-hybridized carbons (Fsp3) is 0.105. The SMILES string of the molecule is COc1cc(-c2ccccc2C(=O)Br)c(OC)c2ccccc12. The van der Waals surface area contributed by atoms with Crippen molar-refractivity contribution in [2.45, 2.75) is 0 Å². The van der Waals surface area contributed by atoms with E-state index in [1.165, 1.54) is 0 Å². The van der Waals surface area contributed by atoms with Gasteiger partial charge in [-0.3, -0.25) is 4.79 Å². The largest absolute Gasteiger partial charge is 0.496 e. The molecule has 0 aromatic heterocycles. The lowest BCUT2D eigenvalue weighted by Crippen LogP contribution is -1.97. The van der Waals surface area contributed by atoms with Crippen molar-refractivity contribution in [3.05, 3.63) is 60.2 Å². The van der Waals surface area contributed by atoms with Crippen LogP contribution in [-0.2, 0) is 0 Å². The molecule has 23 heavy (non-hydrogen) atoms. The standard InChI is InChI=1S/C19H15BrO3/c1-22-17-11-16(12-7-3-6-10-15(12)19(20)21)18(23-2)14-9-5-4-8-13(14)17/h3-11H,1-2H3. The van der Waals surface area contributed by atoms with Crippen LogP contribution in [0.15, 0.2) is 54.6 Å². The Morgan fingerprint density at radius 1 is 0.870 bits per heavy atom. The van der Waals surface area contributed by atoms with E-state index >= 15 is 0 Å². The number of hydrogen-bond acceptors (Lipinski definition) is 3. The molecule has 0 aliphatic heterocycles. The second kappa shape index (κ2) is 6.42. The third-order valence-corrected chi connectivity index (χ3v) is 4.24. The molecule has 0 aliphatic rings. The minimum Gasteiger partial charge on any atom is -0.496 e. The van der Waals surface area contributed by atoms with Gasteiger partial charge in [0.1, 0.15) is 11.5 Å². The number of carbonyl (C=O) groups is 1. The zero-order valence-corrected chi connectivity index (χ0v) is 14.4. The summed E-state index contributed by atoms with van der Waals surface area (Å²) in [6, 6.07) is 17.2. The highest BCUT2D eigenvalue weighted by atomic mass is 79.9. The summed E-state index contributed by atoms with van der Waals surface area (Å²) >= 11 is 3.05. The highest BCUT2D eigenvalue weighted by Crippen LogP contribution is 2.43. The van der Waals surface area contributed by atoms with E-state index < -0.39 is 0 Å². The van der Waals surface area contributed by atoms with Crippen LogP contribution in [0.4, 0.5) is 0 Å². The maximum absolute atomic E-state index is 11.9. The molecule has 0 heterocycles. The monoisotopic (exact) mass is 370 g/mol. The number of halogens is 1. The average molecular weight is 371 g/mol. The zero-order chi connectivity index (χ0) is 16.4. The van der Waals surface area contributed by atoms with Crippen molar-refractivity contribution in [3.8, 4) is 22.6 Å². The highest BCUT2D eigenvalue weighted by Gasteiger charge is 2.18. The van der Waals surface area contributed by atoms with E-state index in [4.69, 9.17) is 9.47 Å². The summed E-state index contributed by atoms with van der Waals surface area (Å²) in [5.41, 5.74) is 2.21. The number of fused-ring (bicyclic) bond motifs is 1. The van der Waals surface area contributed by atoms with Gasteiger partial charge < -0.3 is 9.47 Å². The molecule has 0 fully saturated rings. The van der Waals surface area contributed by atoms with Crippen molar-refractivity contribution in [3.63, 3.8) is 0 Å². The van der Waals surface area contributed by atoms with Crippen LogP contribution in [-0.4, -0.2) is 18.9 Å². The van der Waals surface area contributed by atoms with E-state index in [2.05, 4.69) is 15.9 Å². The molecule has 3 aromatic rings. The Morgan fingerprint density at radius 2 is 1.52 bits per heavy atom. The molecular weight excluding hydrogens is 356 g/mol. The van der Waals surface area contributed by atoms with Crippen LogP contribution in [0.3, 0.4) is 0 Å². The van der Waals surface area contributed by atoms with Gasteiger partial charge in [0.2, 0.25) is 4.69 Å². The van der Waals surface area contributed by atoms with Crippen LogP contribution in [0.2, 0.25) is 0 Å². The predicted molar refractivity (Wildman–Crippen MR) is 95.7 cm³/mol. The summed E-state index contributed by atoms with van der Waals surface area (Å²) in [5.74, 6) is 1.47. The normalized spacial score (nSPS) is 10.6. The lowest BCUT2D eigenvalue weighted by molar-refractivity contribution is 0.109. The fourth-order valence-electron chi connectivity index (χ4n) is 2.79. The van der Waals surface area contributed by atoms with E-state index in [1.807, 2.05) is 48.5 Å². The number of ether oxygens (including phenoxy) is 2. The average Bonchev–Trinajstić information content (AvgIpc) is 2.60. The molecule has 0 bridgehead atoms. The Bertz CT molecular complexity index is 887. The molecular formula is C19H15BrO3. The Labute approximate surface area is 143 Å². The molecule has 0 amide bonds. The van der Waals surface area contributed by atoms with E-state index in [9.17, 15) is 4.79 Å². The van der Waals surface area contributed by atoms with E-state index in [-0.39, 0.29) is 4.69 Å². The second-order valence-corrected chi connectivity index (χ2v) is 5.74. The number of benzene rings is 3. The molecule has 3 nitrogen and oxygen atoms in total. The summed E-state index contributed by atoms with van der Waals surface area (Å²) in [5, 5.41) is 1.92. The van der Waals surface area contributed by atoms with Crippen LogP contribution in [0.5, 0.6) is 11.5 Å². The molecule has 116 valence electrons. The zero-order valence-electron chi connectivity index (χ0n) is 12.8. The van der Waals surface area contributed by atoms with Crippen LogP contribution in [0, 0.1) is 0 Å². The van der Waals surface area contributed by atoms with Crippen molar-refractivity contribution in [2.75, 3.05) is 14.2 Å². The molecule has 0 saturated carbocycles. The maximum atomic E-state index is 11.9. The third kappa shape index (κ3) is 2.70. The summed E-state index contributed by atoms with van der Waals surface area (Å²) in [6.07, 6.45) is 0. The highest BCUT2D eigenvalue weighted by molar-refractivity contribution is 9.18. The molecule has 0 N–H and O–H groups in total. The lowest BCUT2D eigenvalue weighted by atomic mass is 9.95. The summed E-state index contributed by atoms with van der Waals surface area (Å²) in [4.78, 5) is 11.9. The second-order valence-electron chi connectivity index (χ2n) is 5.02. The molecule has 0 radical (unpaired) electrons. The first-order chi connectivity index (χ1) is 11.2. The van der Waals surface area contributed by atoms with Crippen molar-refractivity contribution in [1.29, 1.82) is 0 Å². The smallest absolute Gasteiger partial charge is 0.228 e. The topological polar surface area (TPSA) is 35.5 Å². The Morgan fingerprint density at radius 3 is 2.17 bits per heavy atom. The van der Waals surface area contributed by atoms with E-state index in [0.29, 0.717) is 5.56 Å². The van der Waals surface area contributed by atoms with Crippen LogP contribution in [0.1, 0.15) is 10.4 Å². The molecule has 4 heteroatoms. The number of carbonyl (C=O) groups excluding carboxylic acids is 1. The van der Waals surface area contributed by atoms with Gasteiger partial charge in [0.25, 0.3) is 0 Å². The molecule has 0 aliphatic carbocycles. The first-order valence-corrected chi connectivity index (χ1v) is 7.89. The van der Waals surface area contributed by atoms with Gasteiger partial charge in [-0.25, -0.2) is 0 Å². The third-order valence-electron chi connectivity index (χ3n) is 3.81. The Kier molecular flexibility index (Phi) is 4.35. The summed E-state index contributed by atoms with van der Waals surface area (Å²) in [7, 11) is 3.27. The van der Waals surface area contributed by atoms with Crippen molar-refractivity contribution < 1.29 is 14.3 Å². The van der Waals surface area contributed by atoms with Gasteiger partial charge in [0, 0.05) is 21.9 Å². The lowest BCUT2D eigenvalue weighted by Gasteiger charge is -2.16. The molecule has 0 saturated heterocycles. The van der Waals surface area contributed by atoms with Crippen molar-refractivity contribution in [2.24, 2.45) is 0 Å². The van der Waals surface area contributed by atoms with Crippen molar-refractivity contribution in [1.82, 2.24) is 0 Å². The van der Waals surface area contributed by atoms with E-state index in [0.717, 1.165) is 33.4 Å². The van der Waals surface area contributed by atoms with Crippen LogP contribution in [0.25, 0.3) is 21.9 Å². The quantitative estimate of drug-likeness (QED) is 0.602. The van der Waals surface area contributed by atoms with Gasteiger partial charge in [0.05, 0.1) is 14.2 Å². The van der Waals surface area contributed by atoms with Gasteiger partial charge in [-0.2, -0.15) is 0 Å². The molecule has 3 rings (SSSR count). The summed E-state index contributed by atoms with van der Waals surface area (Å²) in [6.45, 7) is 0. The number of methoxy groups -OCH3 is 2. The molecule has 3 aromatic carbocycles. The minimum atomic E-state index is -0.165. The van der Waals surface area contributed by atoms with Crippen LogP contribution >= 0.6 is 15.9 Å². The van der Waals surface area contributed by atoms with Gasteiger partial charge in [-0.05, 0) is 33.6 Å². The fourth-order valence-corrected chi connectivity index (χ4v) is 3.14. The van der Waals surface area contributed by atoms with Crippen LogP contribution < -0.4 is 9.47 Å². The predicted octanol–water partition coefficient (Wildman–Crippen LogP) is 5.06. The Hall–Kier alpha value is -2.33. The number of rotatable bonds is 4. The molecule has 0 atom stereocenters. The van der Waals surface area contributed by atoms with E-state index in [1.54, 1.807) is 20.3 Å². The molecule has 0 spiro atoms. The van der Waals surface area contributed by atoms with Gasteiger partial charge in [-0.15, -0.1) is 0 Å².